The monoisotopic (exact) mass is 477 g/mol. The van der Waals surface area contributed by atoms with Crippen molar-refractivity contribution in [3.05, 3.63) is 70.6 Å². The summed E-state index contributed by atoms with van der Waals surface area (Å²) in [5.41, 5.74) is 0.786. The number of amidine groups is 1. The van der Waals surface area contributed by atoms with E-state index in [0.29, 0.717) is 5.69 Å². The molecule has 0 fully saturated rings. The third-order valence-corrected chi connectivity index (χ3v) is 7.09. The summed E-state index contributed by atoms with van der Waals surface area (Å²) in [5.74, 6) is -0.676. The molecule has 1 aromatic carbocycles. The lowest BCUT2D eigenvalue weighted by molar-refractivity contribution is 0.0965. The zero-order valence-electron chi connectivity index (χ0n) is 16.0. The average Bonchev–Trinajstić information content (AvgIpc) is 3.36. The first-order valence-electron chi connectivity index (χ1n) is 8.95. The number of hydrogen-bond acceptors (Lipinski definition) is 7. The van der Waals surface area contributed by atoms with Crippen LogP contribution in [0.3, 0.4) is 0 Å². The van der Waals surface area contributed by atoms with Crippen molar-refractivity contribution in [2.45, 2.75) is 11.3 Å². The summed E-state index contributed by atoms with van der Waals surface area (Å²) in [6, 6.07) is 3.77. The summed E-state index contributed by atoms with van der Waals surface area (Å²) in [4.78, 5) is 33.4. The number of thioether (sulfide) groups is 1. The predicted molar refractivity (Wildman–Crippen MR) is 119 cm³/mol. The maximum absolute atomic E-state index is 12.6. The van der Waals surface area contributed by atoms with E-state index in [-0.39, 0.29) is 32.0 Å². The minimum absolute atomic E-state index is 0.126. The van der Waals surface area contributed by atoms with E-state index in [2.05, 4.69) is 20.6 Å². The molecule has 2 unspecified atom stereocenters. The maximum atomic E-state index is 12.6. The fraction of sp³-hybridized carbons (Fsp3) is 0.158. The number of halogens is 1. The van der Waals surface area contributed by atoms with Gasteiger partial charge >= 0.3 is 6.03 Å². The fourth-order valence-electron chi connectivity index (χ4n) is 3.00. The van der Waals surface area contributed by atoms with Crippen LogP contribution in [-0.4, -0.2) is 52.6 Å². The SMILES string of the molecule is CS(=O)(=O)C1=CC2SC(NC(=O)NC(=O)c3cc(-n4ccnc4)ccc3Cl)=NC2C=C1. The molecule has 0 radical (unpaired) electrons. The summed E-state index contributed by atoms with van der Waals surface area (Å²) in [6.07, 6.45) is 10.8. The fourth-order valence-corrected chi connectivity index (χ4v) is 5.11. The Balaban J connectivity index is 1.41. The Morgan fingerprint density at radius 2 is 2.10 bits per heavy atom. The summed E-state index contributed by atoms with van der Waals surface area (Å²) in [6.45, 7) is 0. The van der Waals surface area contributed by atoms with Gasteiger partial charge in [0.2, 0.25) is 0 Å². The Bertz CT molecular complexity index is 1250. The molecule has 12 heteroatoms. The van der Waals surface area contributed by atoms with E-state index in [1.807, 2.05) is 0 Å². The molecule has 1 aliphatic carbocycles. The second kappa shape index (κ2) is 8.33. The number of urea groups is 1. The molecule has 1 aliphatic heterocycles. The van der Waals surface area contributed by atoms with Crippen molar-refractivity contribution in [2.24, 2.45) is 4.99 Å². The number of allylic oxidation sites excluding steroid dienone is 1. The molecule has 2 aromatic rings. The van der Waals surface area contributed by atoms with Crippen LogP contribution in [-0.2, 0) is 9.84 Å². The van der Waals surface area contributed by atoms with Gasteiger partial charge in [-0.15, -0.1) is 0 Å². The van der Waals surface area contributed by atoms with Gasteiger partial charge in [0.25, 0.3) is 5.91 Å². The summed E-state index contributed by atoms with van der Waals surface area (Å²) in [5, 5.41) is 4.98. The number of hydrogen-bond donors (Lipinski definition) is 2. The zero-order chi connectivity index (χ0) is 22.2. The van der Waals surface area contributed by atoms with E-state index in [4.69, 9.17) is 11.6 Å². The van der Waals surface area contributed by atoms with Gasteiger partial charge in [0.05, 0.1) is 33.1 Å². The number of imide groups is 1. The van der Waals surface area contributed by atoms with Gasteiger partial charge in [-0.2, -0.15) is 0 Å². The number of benzene rings is 1. The normalized spacial score (nSPS) is 19.9. The first kappa shape index (κ1) is 21.3. The van der Waals surface area contributed by atoms with E-state index in [1.54, 1.807) is 53.6 Å². The molecule has 2 N–H and O–H groups in total. The molecular weight excluding hydrogens is 462 g/mol. The van der Waals surface area contributed by atoms with E-state index >= 15 is 0 Å². The number of nitrogens with one attached hydrogen (secondary N) is 2. The molecule has 0 saturated carbocycles. The summed E-state index contributed by atoms with van der Waals surface area (Å²) < 4.78 is 25.1. The van der Waals surface area contributed by atoms with Crippen LogP contribution in [0.1, 0.15) is 10.4 Å². The quantitative estimate of drug-likeness (QED) is 0.699. The second-order valence-corrected chi connectivity index (χ2v) is 10.3. The molecule has 0 saturated heterocycles. The Kier molecular flexibility index (Phi) is 5.73. The molecular formula is C19H16ClN5O4S2. The third-order valence-electron chi connectivity index (χ3n) is 4.51. The number of carbonyl (C=O) groups is 2. The van der Waals surface area contributed by atoms with Crippen molar-refractivity contribution in [3.8, 4) is 5.69 Å². The van der Waals surface area contributed by atoms with Crippen LogP contribution in [0.25, 0.3) is 5.69 Å². The third kappa shape index (κ3) is 4.73. The highest BCUT2D eigenvalue weighted by Crippen LogP contribution is 2.33. The summed E-state index contributed by atoms with van der Waals surface area (Å²) >= 11 is 7.34. The van der Waals surface area contributed by atoms with Gasteiger partial charge < -0.3 is 4.57 Å². The molecule has 31 heavy (non-hydrogen) atoms. The number of aliphatic imine (C=N–C) groups is 1. The maximum Gasteiger partial charge on any atom is 0.327 e. The van der Waals surface area contributed by atoms with Crippen LogP contribution in [0.15, 0.2) is 65.0 Å². The Morgan fingerprint density at radius 3 is 2.81 bits per heavy atom. The molecule has 0 bridgehead atoms. The minimum atomic E-state index is -3.33. The number of fused-ring (bicyclic) bond motifs is 1. The van der Waals surface area contributed by atoms with Crippen LogP contribution in [0.2, 0.25) is 5.02 Å². The smallest absolute Gasteiger partial charge is 0.306 e. The first-order valence-corrected chi connectivity index (χ1v) is 12.1. The predicted octanol–water partition coefficient (Wildman–Crippen LogP) is 2.30. The molecule has 9 nitrogen and oxygen atoms in total. The van der Waals surface area contributed by atoms with Crippen molar-refractivity contribution in [1.82, 2.24) is 20.2 Å². The Morgan fingerprint density at radius 1 is 1.29 bits per heavy atom. The number of nitrogens with zero attached hydrogens (tertiary/aromatic N) is 3. The van der Waals surface area contributed by atoms with E-state index in [9.17, 15) is 18.0 Å². The molecule has 0 spiro atoms. The highest BCUT2D eigenvalue weighted by molar-refractivity contribution is 8.14. The van der Waals surface area contributed by atoms with Crippen molar-refractivity contribution in [1.29, 1.82) is 0 Å². The van der Waals surface area contributed by atoms with Gasteiger partial charge in [-0.3, -0.25) is 20.4 Å². The lowest BCUT2D eigenvalue weighted by atomic mass is 10.1. The standard InChI is InChI=1S/C19H16ClN5O4S2/c1-31(28,29)12-3-5-15-16(9-12)30-19(22-15)24-18(27)23-17(26)13-8-11(2-4-14(13)20)25-7-6-21-10-25/h2-10,15-16H,1H3,(H2,22,23,24,26,27). The van der Waals surface area contributed by atoms with E-state index in [1.165, 1.54) is 17.8 Å². The van der Waals surface area contributed by atoms with Gasteiger partial charge in [0, 0.05) is 24.3 Å². The molecule has 2 atom stereocenters. The average molecular weight is 478 g/mol. The van der Waals surface area contributed by atoms with Crippen molar-refractivity contribution < 1.29 is 18.0 Å². The van der Waals surface area contributed by atoms with Gasteiger partial charge in [0.1, 0.15) is 0 Å². The molecule has 1 aromatic heterocycles. The largest absolute Gasteiger partial charge is 0.327 e. The van der Waals surface area contributed by atoms with E-state index in [0.717, 1.165) is 6.26 Å². The van der Waals surface area contributed by atoms with Gasteiger partial charge in [-0.1, -0.05) is 29.4 Å². The molecule has 4 rings (SSSR count). The Labute approximate surface area is 187 Å². The highest BCUT2D eigenvalue weighted by atomic mass is 35.5. The second-order valence-electron chi connectivity index (χ2n) is 6.75. The van der Waals surface area contributed by atoms with Crippen LogP contribution in [0, 0.1) is 0 Å². The number of rotatable bonds is 3. The molecule has 160 valence electrons. The van der Waals surface area contributed by atoms with Crippen molar-refractivity contribution >= 4 is 50.3 Å². The van der Waals surface area contributed by atoms with Gasteiger partial charge in [-0.05, 0) is 30.4 Å². The van der Waals surface area contributed by atoms with Crippen LogP contribution in [0.5, 0.6) is 0 Å². The number of aromatic nitrogens is 2. The lowest BCUT2D eigenvalue weighted by Gasteiger charge is -2.15. The van der Waals surface area contributed by atoms with Crippen LogP contribution >= 0.6 is 23.4 Å². The first-order chi connectivity index (χ1) is 14.7. The van der Waals surface area contributed by atoms with Gasteiger partial charge in [0.15, 0.2) is 15.0 Å². The van der Waals surface area contributed by atoms with E-state index < -0.39 is 21.8 Å². The van der Waals surface area contributed by atoms with Crippen LogP contribution < -0.4 is 10.6 Å². The lowest BCUT2D eigenvalue weighted by Crippen LogP contribution is -2.41. The minimum Gasteiger partial charge on any atom is -0.306 e. The zero-order valence-corrected chi connectivity index (χ0v) is 18.4. The van der Waals surface area contributed by atoms with Crippen molar-refractivity contribution in [3.63, 3.8) is 0 Å². The number of imidazole rings is 1. The highest BCUT2D eigenvalue weighted by Gasteiger charge is 2.32. The Hall–Kier alpha value is -2.89. The number of sulfone groups is 1. The molecule has 2 aliphatic rings. The molecule has 3 amide bonds. The van der Waals surface area contributed by atoms with Crippen LogP contribution in [0.4, 0.5) is 4.79 Å². The van der Waals surface area contributed by atoms with Gasteiger partial charge in [-0.25, -0.2) is 18.2 Å². The number of amides is 3. The summed E-state index contributed by atoms with van der Waals surface area (Å²) in [7, 11) is -3.33. The molecule has 2 heterocycles. The van der Waals surface area contributed by atoms with Crippen molar-refractivity contribution in [2.75, 3.05) is 6.26 Å². The number of carbonyl (C=O) groups excluding carboxylic acids is 2. The topological polar surface area (TPSA) is 123 Å².